The van der Waals surface area contributed by atoms with E-state index < -0.39 is 11.7 Å². The molecule has 0 saturated carbocycles. The summed E-state index contributed by atoms with van der Waals surface area (Å²) in [5, 5.41) is 7.86. The Kier molecular flexibility index (Phi) is 5.63. The Balaban J connectivity index is 1.37. The van der Waals surface area contributed by atoms with Crippen molar-refractivity contribution in [3.05, 3.63) is 106 Å². The number of H-pyrrole nitrogens is 1. The quantitative estimate of drug-likeness (QED) is 0.511. The number of hydrogen-bond acceptors (Lipinski definition) is 4. The maximum Gasteiger partial charge on any atom is 0.272 e. The van der Waals surface area contributed by atoms with Crippen LogP contribution in [0.4, 0.5) is 10.1 Å². The highest BCUT2D eigenvalue weighted by atomic mass is 19.1. The molecule has 1 fully saturated rings. The highest BCUT2D eigenvalue weighted by molar-refractivity contribution is 6.01. The van der Waals surface area contributed by atoms with Gasteiger partial charge in [0.15, 0.2) is 0 Å². The minimum atomic E-state index is -0.647. The van der Waals surface area contributed by atoms with Crippen LogP contribution in [-0.4, -0.2) is 46.5 Å². The van der Waals surface area contributed by atoms with Crippen molar-refractivity contribution in [1.82, 2.24) is 15.1 Å². The van der Waals surface area contributed by atoms with E-state index in [2.05, 4.69) is 10.2 Å². The average molecular weight is 456 g/mol. The molecule has 170 valence electrons. The molecule has 1 aliphatic rings. The number of aromatic nitrogens is 2. The minimum absolute atomic E-state index is 0.0906. The molecule has 1 aromatic heterocycles. The number of para-hydroxylation sites is 1. The van der Waals surface area contributed by atoms with Gasteiger partial charge >= 0.3 is 0 Å². The van der Waals surface area contributed by atoms with Crippen LogP contribution < -0.4 is 10.5 Å². The number of anilines is 1. The first-order chi connectivity index (χ1) is 16.5. The van der Waals surface area contributed by atoms with Crippen molar-refractivity contribution in [2.24, 2.45) is 0 Å². The number of rotatable bonds is 4. The van der Waals surface area contributed by atoms with Crippen LogP contribution >= 0.6 is 0 Å². The Morgan fingerprint density at radius 2 is 1.68 bits per heavy atom. The molecule has 5 rings (SSSR count). The number of carbonyl (C=O) groups is 2. The van der Waals surface area contributed by atoms with Gasteiger partial charge in [0.1, 0.15) is 12.4 Å². The van der Waals surface area contributed by atoms with Crippen molar-refractivity contribution in [3.8, 4) is 0 Å². The first-order valence-electron chi connectivity index (χ1n) is 10.9. The maximum absolute atomic E-state index is 14.7. The van der Waals surface area contributed by atoms with E-state index in [1.165, 1.54) is 17.0 Å². The predicted octanol–water partition coefficient (Wildman–Crippen LogP) is 3.14. The molecule has 7 nitrogen and oxygen atoms in total. The Morgan fingerprint density at radius 1 is 0.941 bits per heavy atom. The van der Waals surface area contributed by atoms with Crippen molar-refractivity contribution < 1.29 is 14.0 Å². The topological polar surface area (TPSA) is 86.4 Å². The van der Waals surface area contributed by atoms with E-state index in [1.54, 1.807) is 29.2 Å². The molecule has 8 heteroatoms. The van der Waals surface area contributed by atoms with Crippen LogP contribution in [0.5, 0.6) is 0 Å². The summed E-state index contributed by atoms with van der Waals surface area (Å²) in [5.74, 6) is -1.39. The molecule has 0 aliphatic carbocycles. The van der Waals surface area contributed by atoms with Crippen molar-refractivity contribution in [2.45, 2.75) is 6.42 Å². The van der Waals surface area contributed by atoms with E-state index in [1.807, 2.05) is 36.4 Å². The van der Waals surface area contributed by atoms with E-state index in [9.17, 15) is 18.8 Å². The molecule has 1 saturated heterocycles. The lowest BCUT2D eigenvalue weighted by atomic mass is 10.0. The number of amides is 2. The lowest BCUT2D eigenvalue weighted by molar-refractivity contribution is -0.120. The number of hydrogen-bond donors (Lipinski definition) is 1. The standard InChI is InChI=1S/C26H21FN4O3/c27-22-11-10-17(15-23-19-8-4-5-9-20(19)25(33)29-28-23)14-21(22)26(34)30-12-13-31(24(32)16-30)18-6-2-1-3-7-18/h1-11,14H,12-13,15-16H2,(H,29,33). The Bertz CT molecular complexity index is 1450. The number of nitrogens with zero attached hydrogens (tertiary/aromatic N) is 3. The molecule has 4 aromatic rings. The van der Waals surface area contributed by atoms with Gasteiger partial charge in [-0.1, -0.05) is 42.5 Å². The Morgan fingerprint density at radius 3 is 2.44 bits per heavy atom. The van der Waals surface area contributed by atoms with Gasteiger partial charge in [-0.05, 0) is 35.9 Å². The van der Waals surface area contributed by atoms with Gasteiger partial charge in [0.25, 0.3) is 11.5 Å². The molecule has 0 unspecified atom stereocenters. The lowest BCUT2D eigenvalue weighted by Gasteiger charge is -2.34. The Labute approximate surface area is 194 Å². The molecular weight excluding hydrogens is 435 g/mol. The van der Waals surface area contributed by atoms with Crippen LogP contribution in [0.2, 0.25) is 0 Å². The fourth-order valence-corrected chi connectivity index (χ4v) is 4.24. The van der Waals surface area contributed by atoms with Crippen LogP contribution in [0.3, 0.4) is 0 Å². The maximum atomic E-state index is 14.7. The van der Waals surface area contributed by atoms with Crippen LogP contribution in [0.1, 0.15) is 21.6 Å². The summed E-state index contributed by atoms with van der Waals surface area (Å²) in [5.41, 5.74) is 1.68. The number of halogens is 1. The van der Waals surface area contributed by atoms with Gasteiger partial charge in [-0.15, -0.1) is 0 Å². The summed E-state index contributed by atoms with van der Waals surface area (Å²) in [6.07, 6.45) is 0.304. The van der Waals surface area contributed by atoms with Crippen molar-refractivity contribution in [3.63, 3.8) is 0 Å². The molecule has 3 aromatic carbocycles. The fraction of sp³-hybridized carbons (Fsp3) is 0.154. The third-order valence-corrected chi connectivity index (χ3v) is 5.98. The van der Waals surface area contributed by atoms with E-state index in [4.69, 9.17) is 0 Å². The van der Waals surface area contributed by atoms with E-state index in [0.717, 1.165) is 5.69 Å². The zero-order chi connectivity index (χ0) is 23.7. The minimum Gasteiger partial charge on any atom is -0.327 e. The number of fused-ring (bicyclic) bond motifs is 1. The molecule has 2 amide bonds. The third-order valence-electron chi connectivity index (χ3n) is 5.98. The third kappa shape index (κ3) is 4.05. The summed E-state index contributed by atoms with van der Waals surface area (Å²) in [6.45, 7) is 0.516. The molecular formula is C26H21FN4O3. The van der Waals surface area contributed by atoms with Crippen molar-refractivity contribution in [1.29, 1.82) is 0 Å². The smallest absolute Gasteiger partial charge is 0.272 e. The highest BCUT2D eigenvalue weighted by Gasteiger charge is 2.29. The second-order valence-electron chi connectivity index (χ2n) is 8.14. The SMILES string of the molecule is O=C(c1cc(Cc2n[nH]c(=O)c3ccccc23)ccc1F)N1CCN(c2ccccc2)C(=O)C1. The molecule has 0 spiro atoms. The summed E-state index contributed by atoms with van der Waals surface area (Å²) in [6, 6.07) is 20.7. The van der Waals surface area contributed by atoms with Gasteiger partial charge in [-0.2, -0.15) is 5.10 Å². The molecule has 34 heavy (non-hydrogen) atoms. The number of piperazine rings is 1. The molecule has 2 heterocycles. The first kappa shape index (κ1) is 21.5. The zero-order valence-corrected chi connectivity index (χ0v) is 18.2. The van der Waals surface area contributed by atoms with E-state index >= 15 is 0 Å². The summed E-state index contributed by atoms with van der Waals surface area (Å²) in [7, 11) is 0. The molecule has 0 atom stereocenters. The predicted molar refractivity (Wildman–Crippen MR) is 126 cm³/mol. The number of aromatic amines is 1. The Hall–Kier alpha value is -4.33. The van der Waals surface area contributed by atoms with Crippen molar-refractivity contribution in [2.75, 3.05) is 24.5 Å². The monoisotopic (exact) mass is 456 g/mol. The molecule has 1 N–H and O–H groups in total. The van der Waals surface area contributed by atoms with Gasteiger partial charge in [0.05, 0.1) is 16.6 Å². The summed E-state index contributed by atoms with van der Waals surface area (Å²) in [4.78, 5) is 40.8. The highest BCUT2D eigenvalue weighted by Crippen LogP contribution is 2.21. The average Bonchev–Trinajstić information content (AvgIpc) is 2.87. The van der Waals surface area contributed by atoms with Gasteiger partial charge in [0.2, 0.25) is 5.91 Å². The lowest BCUT2D eigenvalue weighted by Crippen LogP contribution is -2.52. The molecule has 0 bridgehead atoms. The van der Waals surface area contributed by atoms with Crippen LogP contribution in [0.25, 0.3) is 10.8 Å². The largest absolute Gasteiger partial charge is 0.327 e. The first-order valence-corrected chi connectivity index (χ1v) is 10.9. The van der Waals surface area contributed by atoms with Gasteiger partial charge < -0.3 is 9.80 Å². The van der Waals surface area contributed by atoms with Crippen LogP contribution in [-0.2, 0) is 11.2 Å². The second-order valence-corrected chi connectivity index (χ2v) is 8.14. The molecule has 1 aliphatic heterocycles. The van der Waals surface area contributed by atoms with Crippen molar-refractivity contribution >= 4 is 28.3 Å². The zero-order valence-electron chi connectivity index (χ0n) is 18.2. The van der Waals surface area contributed by atoms with Crippen LogP contribution in [0.15, 0.2) is 77.6 Å². The number of nitrogens with one attached hydrogen (secondary N) is 1. The van der Waals surface area contributed by atoms with Gasteiger partial charge in [-0.25, -0.2) is 9.49 Å². The fourth-order valence-electron chi connectivity index (χ4n) is 4.24. The number of benzene rings is 3. The van der Waals surface area contributed by atoms with E-state index in [-0.39, 0.29) is 23.6 Å². The van der Waals surface area contributed by atoms with E-state index in [0.29, 0.717) is 41.5 Å². The normalized spacial score (nSPS) is 14.0. The van der Waals surface area contributed by atoms with Gasteiger partial charge in [0, 0.05) is 30.6 Å². The van der Waals surface area contributed by atoms with Gasteiger partial charge in [-0.3, -0.25) is 14.4 Å². The number of carbonyl (C=O) groups excluding carboxylic acids is 2. The van der Waals surface area contributed by atoms with Crippen LogP contribution in [0, 0.1) is 5.82 Å². The summed E-state index contributed by atoms with van der Waals surface area (Å²) >= 11 is 0. The summed E-state index contributed by atoms with van der Waals surface area (Å²) < 4.78 is 14.7. The molecule has 0 radical (unpaired) electrons. The second kappa shape index (κ2) is 8.90.